The van der Waals surface area contributed by atoms with Gasteiger partial charge in [-0.1, -0.05) is 23.4 Å². The number of nitro benzene ring substituents is 1. The summed E-state index contributed by atoms with van der Waals surface area (Å²) >= 11 is 6.99. The van der Waals surface area contributed by atoms with Crippen molar-refractivity contribution in [3.05, 3.63) is 57.9 Å². The second-order valence-electron chi connectivity index (χ2n) is 4.87. The van der Waals surface area contributed by atoms with Crippen LogP contribution in [0.4, 0.5) is 11.4 Å². The first-order valence-corrected chi connectivity index (χ1v) is 8.50. The van der Waals surface area contributed by atoms with Crippen molar-refractivity contribution in [1.29, 1.82) is 0 Å². The molecule has 26 heavy (non-hydrogen) atoms. The molecule has 1 amide bonds. The van der Waals surface area contributed by atoms with Crippen LogP contribution in [-0.2, 0) is 4.79 Å². The Morgan fingerprint density at radius 2 is 2.04 bits per heavy atom. The average Bonchev–Trinajstić information content (AvgIpc) is 3.11. The average molecular weight is 392 g/mol. The van der Waals surface area contributed by atoms with Crippen LogP contribution in [0.15, 0.2) is 52.4 Å². The fraction of sp³-hybridized carbons (Fsp3) is 0.0667. The molecule has 0 aliphatic heterocycles. The van der Waals surface area contributed by atoms with Crippen molar-refractivity contribution >= 4 is 40.6 Å². The zero-order chi connectivity index (χ0) is 18.5. The molecule has 0 saturated heterocycles. The van der Waals surface area contributed by atoms with Crippen molar-refractivity contribution in [3.63, 3.8) is 0 Å². The Balaban J connectivity index is 1.58. The number of pyridine rings is 1. The van der Waals surface area contributed by atoms with E-state index < -0.39 is 4.92 Å². The van der Waals surface area contributed by atoms with E-state index in [9.17, 15) is 14.9 Å². The molecule has 0 unspecified atom stereocenters. The second kappa shape index (κ2) is 7.93. The lowest BCUT2D eigenvalue weighted by Crippen LogP contribution is -2.14. The van der Waals surface area contributed by atoms with Crippen LogP contribution in [0.3, 0.4) is 0 Å². The number of aromatic nitrogens is 3. The number of carbonyl (C=O) groups excluding carboxylic acids is 1. The van der Waals surface area contributed by atoms with Gasteiger partial charge in [0.25, 0.3) is 10.9 Å². The highest BCUT2D eigenvalue weighted by Crippen LogP contribution is 2.27. The molecule has 0 radical (unpaired) electrons. The number of nitrogens with one attached hydrogen (secondary N) is 1. The third kappa shape index (κ3) is 4.35. The van der Waals surface area contributed by atoms with Gasteiger partial charge >= 0.3 is 0 Å². The molecule has 0 saturated carbocycles. The largest absolute Gasteiger partial charge is 0.411 e. The molecule has 1 aromatic carbocycles. The minimum Gasteiger partial charge on any atom is -0.411 e. The van der Waals surface area contributed by atoms with Crippen LogP contribution in [0.1, 0.15) is 0 Å². The minimum atomic E-state index is -0.566. The Morgan fingerprint density at radius 3 is 2.73 bits per heavy atom. The maximum Gasteiger partial charge on any atom is 0.277 e. The van der Waals surface area contributed by atoms with Gasteiger partial charge in [-0.2, -0.15) is 0 Å². The Hall–Kier alpha value is -2.98. The van der Waals surface area contributed by atoms with E-state index in [-0.39, 0.29) is 33.3 Å². The normalized spacial score (nSPS) is 10.5. The molecule has 3 rings (SSSR count). The summed E-state index contributed by atoms with van der Waals surface area (Å²) in [6, 6.07) is 7.25. The molecule has 3 aromatic rings. The summed E-state index contributed by atoms with van der Waals surface area (Å²) in [5, 5.41) is 21.3. The quantitative estimate of drug-likeness (QED) is 0.385. The maximum atomic E-state index is 12.0. The van der Waals surface area contributed by atoms with Gasteiger partial charge in [0.05, 0.1) is 21.4 Å². The van der Waals surface area contributed by atoms with Crippen LogP contribution < -0.4 is 5.32 Å². The van der Waals surface area contributed by atoms with Gasteiger partial charge in [-0.3, -0.25) is 19.9 Å². The summed E-state index contributed by atoms with van der Waals surface area (Å²) in [4.78, 5) is 26.0. The summed E-state index contributed by atoms with van der Waals surface area (Å²) in [5.74, 6) is -0.0335. The summed E-state index contributed by atoms with van der Waals surface area (Å²) < 4.78 is 5.47. The fourth-order valence-corrected chi connectivity index (χ4v) is 2.70. The molecule has 0 aliphatic rings. The van der Waals surface area contributed by atoms with Gasteiger partial charge in [-0.15, -0.1) is 10.2 Å². The smallest absolute Gasteiger partial charge is 0.277 e. The first-order chi connectivity index (χ1) is 12.5. The summed E-state index contributed by atoms with van der Waals surface area (Å²) in [6.45, 7) is 0. The molecule has 0 atom stereocenters. The Labute approximate surface area is 155 Å². The number of rotatable bonds is 6. The van der Waals surface area contributed by atoms with Crippen LogP contribution in [0, 0.1) is 10.1 Å². The van der Waals surface area contributed by atoms with Crippen LogP contribution in [0.5, 0.6) is 0 Å². The van der Waals surface area contributed by atoms with E-state index in [1.54, 1.807) is 24.5 Å². The predicted octanol–water partition coefficient (Wildman–Crippen LogP) is 3.42. The molecule has 0 aliphatic carbocycles. The first-order valence-electron chi connectivity index (χ1n) is 7.13. The van der Waals surface area contributed by atoms with E-state index in [0.717, 1.165) is 17.3 Å². The van der Waals surface area contributed by atoms with Crippen molar-refractivity contribution < 1.29 is 14.1 Å². The zero-order valence-electron chi connectivity index (χ0n) is 13.0. The summed E-state index contributed by atoms with van der Waals surface area (Å²) in [6.07, 6.45) is 3.21. The molecule has 0 fully saturated rings. The van der Waals surface area contributed by atoms with Gasteiger partial charge in [0.1, 0.15) is 0 Å². The van der Waals surface area contributed by atoms with E-state index in [1.165, 1.54) is 18.2 Å². The number of hydrogen-bond acceptors (Lipinski definition) is 8. The zero-order valence-corrected chi connectivity index (χ0v) is 14.5. The Morgan fingerprint density at radius 1 is 1.27 bits per heavy atom. The number of carbonyl (C=O) groups is 1. The van der Waals surface area contributed by atoms with Gasteiger partial charge in [0.2, 0.25) is 11.8 Å². The lowest BCUT2D eigenvalue weighted by Gasteiger charge is -2.06. The number of thioether (sulfide) groups is 1. The third-order valence-electron chi connectivity index (χ3n) is 3.10. The molecule has 1 N–H and O–H groups in total. The number of non-ortho nitro benzene ring substituents is 1. The SMILES string of the molecule is O=C(CSc1nnc(-c2ccncc2)o1)Nc1ccc([N+](=O)[O-])cc1Cl. The minimum absolute atomic E-state index is 0.00525. The molecule has 0 bridgehead atoms. The molecular formula is C15H10ClN5O4S. The van der Waals surface area contributed by atoms with Crippen LogP contribution in [0.25, 0.3) is 11.5 Å². The molecule has 132 valence electrons. The van der Waals surface area contributed by atoms with Crippen LogP contribution in [-0.4, -0.2) is 31.8 Å². The van der Waals surface area contributed by atoms with E-state index in [4.69, 9.17) is 16.0 Å². The fourth-order valence-electron chi connectivity index (χ4n) is 1.91. The van der Waals surface area contributed by atoms with Crippen LogP contribution in [0.2, 0.25) is 5.02 Å². The molecule has 2 heterocycles. The lowest BCUT2D eigenvalue weighted by molar-refractivity contribution is -0.384. The number of anilines is 1. The maximum absolute atomic E-state index is 12.0. The van der Waals surface area contributed by atoms with Gasteiger partial charge in [0.15, 0.2) is 0 Å². The number of hydrogen-bond donors (Lipinski definition) is 1. The lowest BCUT2D eigenvalue weighted by atomic mass is 10.3. The molecule has 2 aromatic heterocycles. The first kappa shape index (κ1) is 17.8. The van der Waals surface area contributed by atoms with E-state index in [2.05, 4.69) is 20.5 Å². The monoisotopic (exact) mass is 391 g/mol. The van der Waals surface area contributed by atoms with Crippen molar-refractivity contribution in [3.8, 4) is 11.5 Å². The van der Waals surface area contributed by atoms with Gasteiger partial charge in [-0.25, -0.2) is 0 Å². The number of halogens is 1. The van der Waals surface area contributed by atoms with Gasteiger partial charge < -0.3 is 9.73 Å². The standard InChI is InChI=1S/C15H10ClN5O4S/c16-11-7-10(21(23)24)1-2-12(11)18-13(22)8-26-15-20-19-14(25-15)9-3-5-17-6-4-9/h1-7H,8H2,(H,18,22). The topological polar surface area (TPSA) is 124 Å². The van der Waals surface area contributed by atoms with Crippen molar-refractivity contribution in [2.75, 3.05) is 11.1 Å². The van der Waals surface area contributed by atoms with E-state index >= 15 is 0 Å². The molecule has 9 nitrogen and oxygen atoms in total. The second-order valence-corrected chi connectivity index (χ2v) is 6.20. The van der Waals surface area contributed by atoms with E-state index in [0.29, 0.717) is 5.89 Å². The van der Waals surface area contributed by atoms with Gasteiger partial charge in [-0.05, 0) is 18.2 Å². The number of benzene rings is 1. The predicted molar refractivity (Wildman–Crippen MR) is 95.0 cm³/mol. The number of nitro groups is 1. The number of nitrogens with zero attached hydrogens (tertiary/aromatic N) is 4. The summed E-state index contributed by atoms with van der Waals surface area (Å²) in [7, 11) is 0. The van der Waals surface area contributed by atoms with Gasteiger partial charge in [0, 0.05) is 30.1 Å². The highest BCUT2D eigenvalue weighted by Gasteiger charge is 2.14. The highest BCUT2D eigenvalue weighted by atomic mass is 35.5. The molecule has 11 heteroatoms. The van der Waals surface area contributed by atoms with Crippen molar-refractivity contribution in [1.82, 2.24) is 15.2 Å². The van der Waals surface area contributed by atoms with E-state index in [1.807, 2.05) is 0 Å². The number of amides is 1. The van der Waals surface area contributed by atoms with Crippen molar-refractivity contribution in [2.45, 2.75) is 5.22 Å². The third-order valence-corrected chi connectivity index (χ3v) is 4.23. The van der Waals surface area contributed by atoms with Crippen molar-refractivity contribution in [2.24, 2.45) is 0 Å². The molecule has 0 spiro atoms. The molecular weight excluding hydrogens is 382 g/mol. The highest BCUT2D eigenvalue weighted by molar-refractivity contribution is 7.99. The van der Waals surface area contributed by atoms with Crippen LogP contribution >= 0.6 is 23.4 Å². The summed E-state index contributed by atoms with van der Waals surface area (Å²) in [5.41, 5.74) is 0.851. The Bertz CT molecular complexity index is 950. The Kier molecular flexibility index (Phi) is 5.44.